The quantitative estimate of drug-likeness (QED) is 0.881. The number of aryl methyl sites for hydroxylation is 1. The van der Waals surface area contributed by atoms with E-state index in [1.165, 1.54) is 0 Å². The number of nitrogens with zero attached hydrogens (tertiary/aromatic N) is 3. The number of hydrogen-bond acceptors (Lipinski definition) is 6. The number of aromatic nitrogens is 3. The average molecular weight is 292 g/mol. The molecule has 0 unspecified atom stereocenters. The first-order valence-electron chi connectivity index (χ1n) is 6.04. The molecule has 6 nitrogen and oxygen atoms in total. The van der Waals surface area contributed by atoms with E-state index in [1.54, 1.807) is 13.1 Å². The molecule has 20 heavy (non-hydrogen) atoms. The highest BCUT2D eigenvalue weighted by molar-refractivity contribution is 7.17. The number of carboxylic acid groups (broad SMARTS) is 1. The number of nitrogen functional groups attached to an aromatic ring is 1. The van der Waals surface area contributed by atoms with E-state index in [0.29, 0.717) is 27.9 Å². The summed E-state index contributed by atoms with van der Waals surface area (Å²) in [4.78, 5) is 24.2. The largest absolute Gasteiger partial charge is 0.477 e. The van der Waals surface area contributed by atoms with Gasteiger partial charge in [-0.25, -0.2) is 19.7 Å². The summed E-state index contributed by atoms with van der Waals surface area (Å²) in [7, 11) is 0. The maximum absolute atomic E-state index is 11.4. The van der Waals surface area contributed by atoms with Gasteiger partial charge in [-0.15, -0.1) is 11.3 Å². The van der Waals surface area contributed by atoms with E-state index in [-0.39, 0.29) is 10.3 Å². The average Bonchev–Trinajstić information content (AvgIpc) is 2.73. The van der Waals surface area contributed by atoms with E-state index in [9.17, 15) is 9.90 Å². The van der Waals surface area contributed by atoms with Crippen LogP contribution in [0.5, 0.6) is 0 Å². The number of hydrogen-bond donors (Lipinski definition) is 2. The number of anilines is 1. The van der Waals surface area contributed by atoms with Gasteiger partial charge in [-0.2, -0.15) is 0 Å². The van der Waals surface area contributed by atoms with Crippen molar-refractivity contribution in [3.8, 4) is 10.6 Å². The second-order valence-corrected chi connectivity index (χ2v) is 6.47. The first-order chi connectivity index (χ1) is 9.20. The predicted octanol–water partition coefficient (Wildman–Crippen LogP) is 2.49. The van der Waals surface area contributed by atoms with Crippen molar-refractivity contribution in [1.29, 1.82) is 0 Å². The third-order valence-corrected chi connectivity index (χ3v) is 3.78. The molecule has 0 radical (unpaired) electrons. The highest BCUT2D eigenvalue weighted by Crippen LogP contribution is 2.35. The summed E-state index contributed by atoms with van der Waals surface area (Å²) in [5, 5.41) is 9.84. The van der Waals surface area contributed by atoms with Crippen molar-refractivity contribution in [3.63, 3.8) is 0 Å². The van der Waals surface area contributed by atoms with Crippen LogP contribution in [0.4, 0.5) is 5.82 Å². The highest BCUT2D eigenvalue weighted by atomic mass is 32.1. The molecule has 0 aromatic carbocycles. The van der Waals surface area contributed by atoms with Gasteiger partial charge in [0.05, 0.1) is 11.3 Å². The Morgan fingerprint density at radius 1 is 1.35 bits per heavy atom. The second-order valence-electron chi connectivity index (χ2n) is 5.47. The lowest BCUT2D eigenvalue weighted by atomic mass is 9.91. The molecule has 0 fully saturated rings. The van der Waals surface area contributed by atoms with Gasteiger partial charge >= 0.3 is 5.97 Å². The topological polar surface area (TPSA) is 102 Å². The van der Waals surface area contributed by atoms with Crippen molar-refractivity contribution < 1.29 is 9.90 Å². The predicted molar refractivity (Wildman–Crippen MR) is 77.9 cm³/mol. The van der Waals surface area contributed by atoms with E-state index in [1.807, 2.05) is 20.8 Å². The molecular formula is C13H16N4O2S. The Bertz CT molecular complexity index is 673. The van der Waals surface area contributed by atoms with Crippen LogP contribution in [0.1, 0.15) is 42.0 Å². The van der Waals surface area contributed by atoms with Crippen LogP contribution in [0.3, 0.4) is 0 Å². The lowest BCUT2D eigenvalue weighted by Crippen LogP contribution is -2.16. The summed E-state index contributed by atoms with van der Waals surface area (Å²) in [6, 6.07) is 0. The molecule has 2 aromatic heterocycles. The van der Waals surface area contributed by atoms with Crippen molar-refractivity contribution in [2.75, 3.05) is 5.73 Å². The van der Waals surface area contributed by atoms with Gasteiger partial charge in [0.25, 0.3) is 0 Å². The summed E-state index contributed by atoms with van der Waals surface area (Å²) >= 11 is 1.10. The zero-order valence-corrected chi connectivity index (χ0v) is 12.6. The molecule has 106 valence electrons. The number of rotatable bonds is 2. The number of carboxylic acids is 1. The molecule has 0 spiro atoms. The van der Waals surface area contributed by atoms with Gasteiger partial charge in [-0.1, -0.05) is 20.8 Å². The Hall–Kier alpha value is -2.02. The van der Waals surface area contributed by atoms with E-state index in [0.717, 1.165) is 11.3 Å². The molecular weight excluding hydrogens is 276 g/mol. The normalized spacial score (nSPS) is 11.6. The molecule has 2 aromatic rings. The minimum Gasteiger partial charge on any atom is -0.477 e. The molecule has 0 bridgehead atoms. The molecule has 0 saturated carbocycles. The fourth-order valence-corrected chi connectivity index (χ4v) is 2.87. The summed E-state index contributed by atoms with van der Waals surface area (Å²) in [6.07, 6.45) is 1.58. The summed E-state index contributed by atoms with van der Waals surface area (Å²) in [5.74, 6) is -0.105. The third kappa shape index (κ3) is 2.62. The molecule has 0 atom stereocenters. The minimum absolute atomic E-state index is 0.229. The van der Waals surface area contributed by atoms with Crippen molar-refractivity contribution in [2.24, 2.45) is 0 Å². The monoisotopic (exact) mass is 292 g/mol. The Kier molecular flexibility index (Phi) is 3.47. The SMILES string of the molecule is Cc1ncc(-c2nc(C(C)(C)C)c(C(=O)O)s2)c(N)n1. The van der Waals surface area contributed by atoms with E-state index >= 15 is 0 Å². The number of carbonyl (C=O) groups is 1. The fourth-order valence-electron chi connectivity index (χ4n) is 1.74. The number of thiazole rings is 1. The van der Waals surface area contributed by atoms with Crippen LogP contribution in [0.25, 0.3) is 10.6 Å². The zero-order chi connectivity index (χ0) is 15.1. The van der Waals surface area contributed by atoms with Gasteiger partial charge in [-0.3, -0.25) is 0 Å². The molecule has 0 aliphatic heterocycles. The van der Waals surface area contributed by atoms with Crippen LogP contribution < -0.4 is 5.73 Å². The Morgan fingerprint density at radius 2 is 2.00 bits per heavy atom. The Morgan fingerprint density at radius 3 is 2.45 bits per heavy atom. The molecule has 0 amide bonds. The third-order valence-electron chi connectivity index (χ3n) is 2.70. The lowest BCUT2D eigenvalue weighted by molar-refractivity contribution is 0.0699. The summed E-state index contributed by atoms with van der Waals surface area (Å²) in [5.41, 5.74) is 6.62. The van der Waals surface area contributed by atoms with Gasteiger partial charge in [0, 0.05) is 11.6 Å². The second kappa shape index (κ2) is 4.82. The Balaban J connectivity index is 2.62. The first-order valence-corrected chi connectivity index (χ1v) is 6.86. The van der Waals surface area contributed by atoms with E-state index in [2.05, 4.69) is 15.0 Å². The summed E-state index contributed by atoms with van der Waals surface area (Å²) < 4.78 is 0. The number of nitrogens with two attached hydrogens (primary N) is 1. The minimum atomic E-state index is -0.981. The van der Waals surface area contributed by atoms with Crippen molar-refractivity contribution in [3.05, 3.63) is 22.6 Å². The molecule has 3 N–H and O–H groups in total. The fraction of sp³-hybridized carbons (Fsp3) is 0.385. The lowest BCUT2D eigenvalue weighted by Gasteiger charge is -2.16. The van der Waals surface area contributed by atoms with Gasteiger partial charge in [-0.05, 0) is 6.92 Å². The highest BCUT2D eigenvalue weighted by Gasteiger charge is 2.28. The molecule has 0 aliphatic rings. The molecule has 0 aliphatic carbocycles. The molecule has 2 heterocycles. The van der Waals surface area contributed by atoms with Gasteiger partial charge in [0.15, 0.2) is 0 Å². The standard InChI is InChI=1S/C13H16N4O2S/c1-6-15-5-7(10(14)16-6)11-17-9(13(2,3)4)8(20-11)12(18)19/h5H,1-4H3,(H,18,19)(H2,14,15,16). The van der Waals surface area contributed by atoms with Crippen LogP contribution in [-0.4, -0.2) is 26.0 Å². The van der Waals surface area contributed by atoms with E-state index in [4.69, 9.17) is 5.73 Å². The number of aromatic carboxylic acids is 1. The van der Waals surface area contributed by atoms with Gasteiger partial charge < -0.3 is 10.8 Å². The van der Waals surface area contributed by atoms with Gasteiger partial charge in [0.2, 0.25) is 0 Å². The van der Waals surface area contributed by atoms with Gasteiger partial charge in [0.1, 0.15) is 21.5 Å². The van der Waals surface area contributed by atoms with Crippen LogP contribution in [0, 0.1) is 6.92 Å². The Labute approximate surface area is 120 Å². The maximum Gasteiger partial charge on any atom is 0.347 e. The van der Waals surface area contributed by atoms with E-state index < -0.39 is 5.97 Å². The molecule has 2 rings (SSSR count). The van der Waals surface area contributed by atoms with Crippen molar-refractivity contribution in [2.45, 2.75) is 33.1 Å². The first kappa shape index (κ1) is 14.4. The van der Waals surface area contributed by atoms with Crippen LogP contribution in [-0.2, 0) is 5.41 Å². The van der Waals surface area contributed by atoms with Crippen LogP contribution >= 0.6 is 11.3 Å². The van der Waals surface area contributed by atoms with Crippen LogP contribution in [0.15, 0.2) is 6.20 Å². The van der Waals surface area contributed by atoms with Crippen molar-refractivity contribution in [1.82, 2.24) is 15.0 Å². The zero-order valence-electron chi connectivity index (χ0n) is 11.8. The molecule has 0 saturated heterocycles. The summed E-state index contributed by atoms with van der Waals surface area (Å²) in [6.45, 7) is 7.51. The molecule has 7 heteroatoms. The van der Waals surface area contributed by atoms with Crippen molar-refractivity contribution >= 4 is 23.1 Å². The smallest absolute Gasteiger partial charge is 0.347 e. The van der Waals surface area contributed by atoms with Crippen LogP contribution in [0.2, 0.25) is 0 Å². The maximum atomic E-state index is 11.4.